The molecule has 0 aliphatic carbocycles. The Morgan fingerprint density at radius 2 is 2.17 bits per heavy atom. The fourth-order valence-corrected chi connectivity index (χ4v) is 1.79. The van der Waals surface area contributed by atoms with Gasteiger partial charge in [0.05, 0.1) is 6.04 Å². The number of carbonyl (C=O) groups is 2. The zero-order valence-electron chi connectivity index (χ0n) is 10.0. The molecule has 0 radical (unpaired) electrons. The Kier molecular flexibility index (Phi) is 4.17. The van der Waals surface area contributed by atoms with Crippen molar-refractivity contribution in [1.29, 1.82) is 0 Å². The summed E-state index contributed by atoms with van der Waals surface area (Å²) in [5.41, 5.74) is 0.949. The fraction of sp³-hybridized carbons (Fsp3) is 0.385. The van der Waals surface area contributed by atoms with Gasteiger partial charge in [-0.3, -0.25) is 4.79 Å². The fourth-order valence-electron chi connectivity index (χ4n) is 1.79. The number of piperidine rings is 1. The van der Waals surface area contributed by atoms with Crippen molar-refractivity contribution in [2.24, 2.45) is 0 Å². The van der Waals surface area contributed by atoms with Gasteiger partial charge in [0, 0.05) is 13.0 Å². The van der Waals surface area contributed by atoms with Crippen molar-refractivity contribution in [2.45, 2.75) is 25.5 Å². The molecule has 0 bridgehead atoms. The molecule has 1 aliphatic rings. The van der Waals surface area contributed by atoms with E-state index < -0.39 is 6.09 Å². The third-order valence-corrected chi connectivity index (χ3v) is 2.80. The molecule has 2 amide bonds. The highest BCUT2D eigenvalue weighted by Crippen LogP contribution is 2.04. The highest BCUT2D eigenvalue weighted by atomic mass is 16.5. The zero-order chi connectivity index (χ0) is 12.8. The van der Waals surface area contributed by atoms with E-state index >= 15 is 0 Å². The van der Waals surface area contributed by atoms with Gasteiger partial charge in [-0.05, 0) is 12.0 Å². The van der Waals surface area contributed by atoms with Crippen LogP contribution in [-0.2, 0) is 16.1 Å². The van der Waals surface area contributed by atoms with Gasteiger partial charge in [0.15, 0.2) is 0 Å². The molecule has 1 aromatic carbocycles. The molecule has 1 aromatic rings. The maximum Gasteiger partial charge on any atom is 0.407 e. The molecule has 1 atom stereocenters. The Labute approximate surface area is 106 Å². The van der Waals surface area contributed by atoms with Crippen molar-refractivity contribution in [3.63, 3.8) is 0 Å². The number of amides is 2. The van der Waals surface area contributed by atoms with E-state index in [1.807, 2.05) is 30.3 Å². The number of ether oxygens (including phenoxy) is 1. The molecule has 1 saturated heterocycles. The van der Waals surface area contributed by atoms with E-state index in [-0.39, 0.29) is 18.6 Å². The highest BCUT2D eigenvalue weighted by Gasteiger charge is 2.19. The van der Waals surface area contributed by atoms with E-state index in [0.717, 1.165) is 5.56 Å². The van der Waals surface area contributed by atoms with Gasteiger partial charge in [0.1, 0.15) is 6.61 Å². The van der Waals surface area contributed by atoms with Crippen LogP contribution in [0.2, 0.25) is 0 Å². The molecule has 1 fully saturated rings. The minimum absolute atomic E-state index is 0.0331. The summed E-state index contributed by atoms with van der Waals surface area (Å²) in [6.45, 7) is 0.727. The van der Waals surface area contributed by atoms with E-state index in [9.17, 15) is 9.59 Å². The summed E-state index contributed by atoms with van der Waals surface area (Å²) in [7, 11) is 0. The number of hydrogen-bond acceptors (Lipinski definition) is 3. The van der Waals surface area contributed by atoms with E-state index in [4.69, 9.17) is 4.74 Å². The molecule has 96 valence electrons. The number of alkyl carbamates (subject to hydrolysis) is 1. The highest BCUT2D eigenvalue weighted by molar-refractivity contribution is 5.77. The summed E-state index contributed by atoms with van der Waals surface area (Å²) in [6, 6.07) is 9.46. The largest absolute Gasteiger partial charge is 0.445 e. The predicted molar refractivity (Wildman–Crippen MR) is 65.8 cm³/mol. The van der Waals surface area contributed by atoms with Crippen molar-refractivity contribution in [2.75, 3.05) is 6.54 Å². The summed E-state index contributed by atoms with van der Waals surface area (Å²) < 4.78 is 5.09. The topological polar surface area (TPSA) is 67.4 Å². The lowest BCUT2D eigenvalue weighted by Gasteiger charge is -2.23. The van der Waals surface area contributed by atoms with Crippen LogP contribution in [0.25, 0.3) is 0 Å². The first-order chi connectivity index (χ1) is 8.74. The van der Waals surface area contributed by atoms with E-state index in [1.165, 1.54) is 0 Å². The van der Waals surface area contributed by atoms with Gasteiger partial charge in [-0.1, -0.05) is 30.3 Å². The minimum atomic E-state index is -0.444. The second kappa shape index (κ2) is 6.05. The quantitative estimate of drug-likeness (QED) is 0.844. The second-order valence-electron chi connectivity index (χ2n) is 4.25. The Hall–Kier alpha value is -2.04. The molecule has 1 unspecified atom stereocenters. The second-order valence-corrected chi connectivity index (χ2v) is 4.25. The number of nitrogens with one attached hydrogen (secondary N) is 2. The van der Waals surface area contributed by atoms with Gasteiger partial charge in [-0.25, -0.2) is 4.79 Å². The van der Waals surface area contributed by atoms with E-state index in [2.05, 4.69) is 10.6 Å². The van der Waals surface area contributed by atoms with Crippen molar-refractivity contribution < 1.29 is 14.3 Å². The minimum Gasteiger partial charge on any atom is -0.445 e. The number of hydrogen-bond donors (Lipinski definition) is 2. The lowest BCUT2D eigenvalue weighted by molar-refractivity contribution is -0.122. The summed E-state index contributed by atoms with van der Waals surface area (Å²) in [5.74, 6) is 0.0331. The first-order valence-corrected chi connectivity index (χ1v) is 5.98. The Morgan fingerprint density at radius 1 is 1.39 bits per heavy atom. The van der Waals surface area contributed by atoms with Crippen molar-refractivity contribution in [3.05, 3.63) is 35.9 Å². The monoisotopic (exact) mass is 248 g/mol. The van der Waals surface area contributed by atoms with E-state index in [0.29, 0.717) is 19.4 Å². The van der Waals surface area contributed by atoms with Crippen LogP contribution in [0.1, 0.15) is 18.4 Å². The Bertz CT molecular complexity index is 410. The van der Waals surface area contributed by atoms with Crippen LogP contribution in [-0.4, -0.2) is 24.6 Å². The lowest BCUT2D eigenvalue weighted by atomic mass is 10.1. The van der Waals surface area contributed by atoms with Crippen LogP contribution in [0.3, 0.4) is 0 Å². The van der Waals surface area contributed by atoms with Crippen molar-refractivity contribution in [3.8, 4) is 0 Å². The SMILES string of the molecule is O=C1CCC(NC(=O)OCc2ccccc2)CN1. The lowest BCUT2D eigenvalue weighted by Crippen LogP contribution is -2.47. The standard InChI is InChI=1S/C13H16N2O3/c16-12-7-6-11(8-14-12)15-13(17)18-9-10-4-2-1-3-5-10/h1-5,11H,6-9H2,(H,14,16)(H,15,17). The molecule has 5 heteroatoms. The molecule has 5 nitrogen and oxygen atoms in total. The normalized spacial score (nSPS) is 18.9. The van der Waals surface area contributed by atoms with Crippen molar-refractivity contribution in [1.82, 2.24) is 10.6 Å². The summed E-state index contributed by atoms with van der Waals surface area (Å²) in [5, 5.41) is 5.44. The van der Waals surface area contributed by atoms with Gasteiger partial charge in [-0.15, -0.1) is 0 Å². The Balaban J connectivity index is 1.71. The summed E-state index contributed by atoms with van der Waals surface area (Å²) in [6.07, 6.45) is 0.663. The molecule has 18 heavy (non-hydrogen) atoms. The first kappa shape index (κ1) is 12.4. The van der Waals surface area contributed by atoms with Gasteiger partial charge in [0.25, 0.3) is 0 Å². The molecule has 0 aromatic heterocycles. The van der Waals surface area contributed by atoms with Crippen LogP contribution < -0.4 is 10.6 Å². The summed E-state index contributed by atoms with van der Waals surface area (Å²) in [4.78, 5) is 22.5. The average molecular weight is 248 g/mol. The average Bonchev–Trinajstić information content (AvgIpc) is 2.40. The number of carbonyl (C=O) groups excluding carboxylic acids is 2. The van der Waals surface area contributed by atoms with Gasteiger partial charge < -0.3 is 15.4 Å². The van der Waals surface area contributed by atoms with Gasteiger partial charge >= 0.3 is 6.09 Å². The number of rotatable bonds is 3. The van der Waals surface area contributed by atoms with Crippen LogP contribution in [0.5, 0.6) is 0 Å². The molecule has 1 heterocycles. The molecular formula is C13H16N2O3. The van der Waals surface area contributed by atoms with Crippen LogP contribution >= 0.6 is 0 Å². The first-order valence-electron chi connectivity index (χ1n) is 5.98. The van der Waals surface area contributed by atoms with Crippen LogP contribution in [0.15, 0.2) is 30.3 Å². The zero-order valence-corrected chi connectivity index (χ0v) is 10.0. The smallest absolute Gasteiger partial charge is 0.407 e. The number of benzene rings is 1. The maximum absolute atomic E-state index is 11.5. The predicted octanol–water partition coefficient (Wildman–Crippen LogP) is 1.19. The van der Waals surface area contributed by atoms with E-state index in [1.54, 1.807) is 0 Å². The molecule has 2 rings (SSSR count). The third-order valence-electron chi connectivity index (χ3n) is 2.80. The van der Waals surface area contributed by atoms with Gasteiger partial charge in [-0.2, -0.15) is 0 Å². The molecule has 2 N–H and O–H groups in total. The van der Waals surface area contributed by atoms with Gasteiger partial charge in [0.2, 0.25) is 5.91 Å². The van der Waals surface area contributed by atoms with Crippen molar-refractivity contribution >= 4 is 12.0 Å². The molecule has 0 saturated carbocycles. The Morgan fingerprint density at radius 3 is 2.83 bits per heavy atom. The maximum atomic E-state index is 11.5. The molecule has 1 aliphatic heterocycles. The van der Waals surface area contributed by atoms with Crippen LogP contribution in [0.4, 0.5) is 4.79 Å². The van der Waals surface area contributed by atoms with Crippen LogP contribution in [0, 0.1) is 0 Å². The third kappa shape index (κ3) is 3.76. The summed E-state index contributed by atoms with van der Waals surface area (Å²) >= 11 is 0. The molecule has 0 spiro atoms. The molecular weight excluding hydrogens is 232 g/mol.